The molecular weight excluding hydrogens is 542 g/mol. The lowest BCUT2D eigenvalue weighted by Gasteiger charge is -2.24. The van der Waals surface area contributed by atoms with Crippen molar-refractivity contribution in [2.24, 2.45) is 10.3 Å². The van der Waals surface area contributed by atoms with E-state index < -0.39 is 10.0 Å². The SMILES string of the molecule is CCc1nc(C2CN(c3cc(C(=O)Nc4cc(C(C)(C)C)cc(NS(C)(=O)=O)c4OC)ccc3C)N=N2)cn1CC. The van der Waals surface area contributed by atoms with Gasteiger partial charge in [-0.05, 0) is 54.7 Å². The first kappa shape index (κ1) is 30.0. The number of hydrogen-bond acceptors (Lipinski definition) is 8. The smallest absolute Gasteiger partial charge is 0.255 e. The van der Waals surface area contributed by atoms with E-state index in [1.807, 2.05) is 40.0 Å². The minimum Gasteiger partial charge on any atom is -0.492 e. The van der Waals surface area contributed by atoms with Crippen molar-refractivity contribution in [3.05, 3.63) is 64.7 Å². The quantitative estimate of drug-likeness (QED) is 0.337. The van der Waals surface area contributed by atoms with Gasteiger partial charge in [0.05, 0.1) is 42.7 Å². The zero-order chi connectivity index (χ0) is 30.1. The van der Waals surface area contributed by atoms with E-state index >= 15 is 0 Å². The zero-order valence-electron chi connectivity index (χ0n) is 24.9. The molecule has 220 valence electrons. The van der Waals surface area contributed by atoms with Crippen molar-refractivity contribution in [3.63, 3.8) is 0 Å². The van der Waals surface area contributed by atoms with Crippen LogP contribution in [-0.4, -0.2) is 43.8 Å². The van der Waals surface area contributed by atoms with Crippen LogP contribution in [0.4, 0.5) is 17.1 Å². The molecule has 0 radical (unpaired) electrons. The number of methoxy groups -OCH3 is 1. The predicted molar refractivity (Wildman–Crippen MR) is 162 cm³/mol. The highest BCUT2D eigenvalue weighted by molar-refractivity contribution is 7.92. The maximum absolute atomic E-state index is 13.5. The lowest BCUT2D eigenvalue weighted by molar-refractivity contribution is 0.102. The molecule has 1 amide bonds. The van der Waals surface area contributed by atoms with E-state index in [9.17, 15) is 13.2 Å². The second-order valence-electron chi connectivity index (χ2n) is 11.2. The fraction of sp³-hybridized carbons (Fsp3) is 0.448. The summed E-state index contributed by atoms with van der Waals surface area (Å²) in [7, 11) is -2.16. The molecule has 0 bridgehead atoms. The van der Waals surface area contributed by atoms with Gasteiger partial charge in [-0.25, -0.2) is 18.4 Å². The van der Waals surface area contributed by atoms with Crippen LogP contribution in [0, 0.1) is 6.92 Å². The number of aryl methyl sites for hydroxylation is 3. The third-order valence-electron chi connectivity index (χ3n) is 6.97. The number of anilines is 3. The molecule has 1 aromatic heterocycles. The number of carbonyl (C=O) groups excluding carboxylic acids is 1. The Bertz CT molecular complexity index is 1570. The number of rotatable bonds is 9. The van der Waals surface area contributed by atoms with Gasteiger partial charge in [-0.2, -0.15) is 5.11 Å². The summed E-state index contributed by atoms with van der Waals surface area (Å²) in [5.41, 5.74) is 4.12. The van der Waals surface area contributed by atoms with Crippen LogP contribution in [0.2, 0.25) is 0 Å². The lowest BCUT2D eigenvalue weighted by atomic mass is 9.86. The molecule has 0 spiro atoms. The van der Waals surface area contributed by atoms with Crippen LogP contribution in [0.15, 0.2) is 46.9 Å². The van der Waals surface area contributed by atoms with Gasteiger partial charge in [-0.15, -0.1) is 0 Å². The molecule has 1 aliphatic rings. The summed E-state index contributed by atoms with van der Waals surface area (Å²) in [6, 6.07) is 8.72. The lowest BCUT2D eigenvalue weighted by Crippen LogP contribution is -2.20. The molecule has 2 heterocycles. The Labute approximate surface area is 242 Å². The molecular formula is C29H39N7O4S. The Hall–Kier alpha value is -3.93. The van der Waals surface area contributed by atoms with E-state index in [0.29, 0.717) is 17.8 Å². The van der Waals surface area contributed by atoms with Gasteiger partial charge >= 0.3 is 0 Å². The summed E-state index contributed by atoms with van der Waals surface area (Å²) in [6.07, 6.45) is 3.95. The fourth-order valence-electron chi connectivity index (χ4n) is 4.73. The Morgan fingerprint density at radius 1 is 1.15 bits per heavy atom. The molecule has 2 aromatic carbocycles. The van der Waals surface area contributed by atoms with Gasteiger partial charge < -0.3 is 14.6 Å². The van der Waals surface area contributed by atoms with Crippen molar-refractivity contribution in [3.8, 4) is 5.75 Å². The Morgan fingerprint density at radius 3 is 2.44 bits per heavy atom. The van der Waals surface area contributed by atoms with E-state index in [1.165, 1.54) is 7.11 Å². The van der Waals surface area contributed by atoms with Crippen molar-refractivity contribution in [1.82, 2.24) is 9.55 Å². The van der Waals surface area contributed by atoms with E-state index in [-0.39, 0.29) is 28.8 Å². The van der Waals surface area contributed by atoms with Gasteiger partial charge in [0.25, 0.3) is 5.91 Å². The number of hydrogen-bond donors (Lipinski definition) is 2. The number of benzene rings is 2. The summed E-state index contributed by atoms with van der Waals surface area (Å²) < 4.78 is 34.3. The maximum Gasteiger partial charge on any atom is 0.255 e. The maximum atomic E-state index is 13.5. The van der Waals surface area contributed by atoms with Crippen LogP contribution >= 0.6 is 0 Å². The summed E-state index contributed by atoms with van der Waals surface area (Å²) in [5.74, 6) is 0.869. The van der Waals surface area contributed by atoms with Crippen molar-refractivity contribution >= 4 is 33.0 Å². The zero-order valence-corrected chi connectivity index (χ0v) is 25.8. The number of amides is 1. The molecule has 4 rings (SSSR count). The van der Waals surface area contributed by atoms with E-state index in [4.69, 9.17) is 9.72 Å². The van der Waals surface area contributed by atoms with Gasteiger partial charge in [-0.3, -0.25) is 9.52 Å². The second kappa shape index (κ2) is 11.5. The molecule has 0 aliphatic carbocycles. The van der Waals surface area contributed by atoms with Crippen LogP contribution in [-0.2, 0) is 28.4 Å². The minimum atomic E-state index is -3.59. The predicted octanol–water partition coefficient (Wildman–Crippen LogP) is 5.63. The normalized spacial score (nSPS) is 15.3. The number of aromatic nitrogens is 2. The third-order valence-corrected chi connectivity index (χ3v) is 7.56. The molecule has 12 heteroatoms. The van der Waals surface area contributed by atoms with Crippen LogP contribution < -0.4 is 19.8 Å². The van der Waals surface area contributed by atoms with Crippen molar-refractivity contribution in [2.75, 3.05) is 35.0 Å². The number of sulfonamides is 1. The molecule has 0 fully saturated rings. The summed E-state index contributed by atoms with van der Waals surface area (Å²) in [5, 5.41) is 13.6. The van der Waals surface area contributed by atoms with Crippen molar-refractivity contribution < 1.29 is 17.9 Å². The number of imidazole rings is 1. The summed E-state index contributed by atoms with van der Waals surface area (Å²) in [6.45, 7) is 13.5. The first-order valence-electron chi connectivity index (χ1n) is 13.6. The average molecular weight is 582 g/mol. The number of nitrogens with zero attached hydrogens (tertiary/aromatic N) is 5. The van der Waals surface area contributed by atoms with Crippen LogP contribution in [0.5, 0.6) is 5.75 Å². The molecule has 3 aromatic rings. The molecule has 1 unspecified atom stereocenters. The van der Waals surface area contributed by atoms with E-state index in [1.54, 1.807) is 29.3 Å². The second-order valence-corrected chi connectivity index (χ2v) is 13.0. The van der Waals surface area contributed by atoms with Crippen LogP contribution in [0.3, 0.4) is 0 Å². The summed E-state index contributed by atoms with van der Waals surface area (Å²) in [4.78, 5) is 18.3. The largest absolute Gasteiger partial charge is 0.492 e. The highest BCUT2D eigenvalue weighted by Gasteiger charge is 2.27. The number of nitrogens with one attached hydrogen (secondary N) is 2. The van der Waals surface area contributed by atoms with Gasteiger partial charge in [0.1, 0.15) is 11.9 Å². The fourth-order valence-corrected chi connectivity index (χ4v) is 5.28. The standard InChI is InChI=1S/C29H39N7O4S/c1-9-26-30-23(16-35(26)10-2)24-17-36(34-32-24)25-13-19(12-11-18(25)3)28(37)31-21-14-20(29(4,5)6)15-22(27(21)40-7)33-41(8,38)39/h11-16,24,33H,9-10,17H2,1-8H3,(H,31,37). The third kappa shape index (κ3) is 6.70. The first-order chi connectivity index (χ1) is 19.2. The van der Waals surface area contributed by atoms with Crippen LogP contribution in [0.25, 0.3) is 0 Å². The Balaban J connectivity index is 1.62. The molecule has 1 aliphatic heterocycles. The molecule has 41 heavy (non-hydrogen) atoms. The molecule has 11 nitrogen and oxygen atoms in total. The van der Waals surface area contributed by atoms with Crippen molar-refractivity contribution in [2.45, 2.75) is 66.0 Å². The van der Waals surface area contributed by atoms with Crippen LogP contribution in [0.1, 0.15) is 73.7 Å². The monoisotopic (exact) mass is 581 g/mol. The van der Waals surface area contributed by atoms with Gasteiger partial charge in [0, 0.05) is 24.7 Å². The van der Waals surface area contributed by atoms with Gasteiger partial charge in [0.15, 0.2) is 5.75 Å². The average Bonchev–Trinajstić information content (AvgIpc) is 3.54. The van der Waals surface area contributed by atoms with E-state index in [0.717, 1.165) is 47.6 Å². The number of ether oxygens (including phenoxy) is 1. The topological polar surface area (TPSA) is 130 Å². The van der Waals surface area contributed by atoms with Gasteiger partial charge in [0.2, 0.25) is 10.0 Å². The number of carbonyl (C=O) groups is 1. The molecule has 2 N–H and O–H groups in total. The highest BCUT2D eigenvalue weighted by atomic mass is 32.2. The first-order valence-corrected chi connectivity index (χ1v) is 15.5. The molecule has 0 saturated carbocycles. The minimum absolute atomic E-state index is 0.199. The Kier molecular flexibility index (Phi) is 8.44. The Morgan fingerprint density at radius 2 is 1.85 bits per heavy atom. The highest BCUT2D eigenvalue weighted by Crippen LogP contribution is 2.39. The summed E-state index contributed by atoms with van der Waals surface area (Å²) >= 11 is 0. The molecule has 1 atom stereocenters. The molecule has 0 saturated heterocycles. The van der Waals surface area contributed by atoms with E-state index in [2.05, 4.69) is 38.8 Å². The van der Waals surface area contributed by atoms with Crippen molar-refractivity contribution in [1.29, 1.82) is 0 Å². The van der Waals surface area contributed by atoms with Gasteiger partial charge in [-0.1, -0.05) is 39.0 Å².